The number of carbonyl (C=O) groups is 1. The molecule has 2 N–H and O–H groups in total. The molecule has 3 aromatic rings. The SMILES string of the molecule is CC1=C(C(=O)Nc2cccc(C)c2)C(c2cccc([N+](=O)[O-])c2)n2nnnc2N1. The molecule has 0 saturated heterocycles. The number of aromatic nitrogens is 4. The number of anilines is 2. The molecule has 0 saturated carbocycles. The summed E-state index contributed by atoms with van der Waals surface area (Å²) in [5, 5.41) is 28.7. The van der Waals surface area contributed by atoms with Gasteiger partial charge in [0.1, 0.15) is 6.04 Å². The number of hydrogen-bond acceptors (Lipinski definition) is 7. The number of amides is 1. The standard InChI is InChI=1S/C19H17N7O3/c1-11-5-3-7-14(9-11)21-18(27)16-12(2)20-19-22-23-24-25(19)17(16)13-6-4-8-15(10-13)26(28)29/h3-10,17H,1-2H3,(H,21,27)(H,20,22,24). The molecule has 1 atom stereocenters. The molecule has 1 amide bonds. The largest absolute Gasteiger partial charge is 0.326 e. The second kappa shape index (κ2) is 7.15. The molecule has 2 heterocycles. The van der Waals surface area contributed by atoms with E-state index in [1.54, 1.807) is 25.1 Å². The van der Waals surface area contributed by atoms with E-state index in [0.717, 1.165) is 5.56 Å². The number of rotatable bonds is 4. The van der Waals surface area contributed by atoms with Crippen molar-refractivity contribution in [3.05, 3.63) is 81.0 Å². The lowest BCUT2D eigenvalue weighted by Crippen LogP contribution is -2.31. The van der Waals surface area contributed by atoms with Crippen LogP contribution >= 0.6 is 0 Å². The number of carbonyl (C=O) groups excluding carboxylic acids is 1. The molecule has 1 aliphatic heterocycles. The quantitative estimate of drug-likeness (QED) is 0.517. The Labute approximate surface area is 165 Å². The Bertz CT molecular complexity index is 1150. The number of nitrogens with zero attached hydrogens (tertiary/aromatic N) is 5. The lowest BCUT2D eigenvalue weighted by Gasteiger charge is -2.27. The Morgan fingerprint density at radius 3 is 2.76 bits per heavy atom. The van der Waals surface area contributed by atoms with Crippen molar-refractivity contribution in [1.82, 2.24) is 20.2 Å². The summed E-state index contributed by atoms with van der Waals surface area (Å²) in [5.74, 6) is 0.00404. The van der Waals surface area contributed by atoms with E-state index in [9.17, 15) is 14.9 Å². The normalized spacial score (nSPS) is 15.4. The number of tetrazole rings is 1. The summed E-state index contributed by atoms with van der Waals surface area (Å²) in [6, 6.07) is 12.8. The number of nitrogens with one attached hydrogen (secondary N) is 2. The number of nitro groups is 1. The molecule has 1 unspecified atom stereocenters. The van der Waals surface area contributed by atoms with E-state index in [1.807, 2.05) is 25.1 Å². The van der Waals surface area contributed by atoms with Crippen LogP contribution in [0.3, 0.4) is 0 Å². The van der Waals surface area contributed by atoms with Crippen molar-refractivity contribution in [1.29, 1.82) is 0 Å². The Morgan fingerprint density at radius 1 is 1.21 bits per heavy atom. The maximum Gasteiger partial charge on any atom is 0.269 e. The lowest BCUT2D eigenvalue weighted by molar-refractivity contribution is -0.384. The molecule has 2 aromatic carbocycles. The highest BCUT2D eigenvalue weighted by atomic mass is 16.6. The molecule has 29 heavy (non-hydrogen) atoms. The third-order valence-corrected chi connectivity index (χ3v) is 4.63. The van der Waals surface area contributed by atoms with Crippen molar-refractivity contribution >= 4 is 23.2 Å². The fourth-order valence-corrected chi connectivity index (χ4v) is 3.34. The zero-order valence-electron chi connectivity index (χ0n) is 15.7. The van der Waals surface area contributed by atoms with Crippen molar-refractivity contribution in [3.63, 3.8) is 0 Å². The van der Waals surface area contributed by atoms with Gasteiger partial charge in [0.25, 0.3) is 11.6 Å². The second-order valence-electron chi connectivity index (χ2n) is 6.69. The minimum atomic E-state index is -0.717. The number of aryl methyl sites for hydroxylation is 1. The van der Waals surface area contributed by atoms with Crippen molar-refractivity contribution in [2.45, 2.75) is 19.9 Å². The Balaban J connectivity index is 1.79. The molecule has 0 spiro atoms. The minimum absolute atomic E-state index is 0.0771. The van der Waals surface area contributed by atoms with Gasteiger partial charge in [0.2, 0.25) is 5.95 Å². The number of fused-ring (bicyclic) bond motifs is 1. The van der Waals surface area contributed by atoms with Crippen LogP contribution in [-0.2, 0) is 4.79 Å². The predicted molar refractivity (Wildman–Crippen MR) is 105 cm³/mol. The van der Waals surface area contributed by atoms with Gasteiger partial charge in [-0.25, -0.2) is 0 Å². The highest BCUT2D eigenvalue weighted by molar-refractivity contribution is 6.06. The van der Waals surface area contributed by atoms with Crippen LogP contribution in [0.25, 0.3) is 0 Å². The summed E-state index contributed by atoms with van der Waals surface area (Å²) < 4.78 is 1.44. The molecule has 0 fully saturated rings. The van der Waals surface area contributed by atoms with Crippen LogP contribution in [0.1, 0.15) is 24.1 Å². The van der Waals surface area contributed by atoms with Gasteiger partial charge in [0.05, 0.1) is 10.5 Å². The summed E-state index contributed by atoms with van der Waals surface area (Å²) in [4.78, 5) is 24.0. The number of nitro benzene ring substituents is 1. The first-order chi connectivity index (χ1) is 13.9. The zero-order valence-corrected chi connectivity index (χ0v) is 15.7. The monoisotopic (exact) mass is 391 g/mol. The summed E-state index contributed by atoms with van der Waals surface area (Å²) in [5.41, 5.74) is 3.04. The first-order valence-electron chi connectivity index (χ1n) is 8.82. The summed E-state index contributed by atoms with van der Waals surface area (Å²) in [6.45, 7) is 3.68. The summed E-state index contributed by atoms with van der Waals surface area (Å²) >= 11 is 0. The number of non-ortho nitro benzene ring substituents is 1. The first-order valence-corrected chi connectivity index (χ1v) is 8.82. The topological polar surface area (TPSA) is 128 Å². The van der Waals surface area contributed by atoms with Gasteiger partial charge >= 0.3 is 0 Å². The molecule has 10 nitrogen and oxygen atoms in total. The van der Waals surface area contributed by atoms with Gasteiger partial charge in [-0.2, -0.15) is 4.68 Å². The Morgan fingerprint density at radius 2 is 2.00 bits per heavy atom. The van der Waals surface area contributed by atoms with Crippen LogP contribution in [0.2, 0.25) is 0 Å². The van der Waals surface area contributed by atoms with E-state index in [0.29, 0.717) is 28.5 Å². The van der Waals surface area contributed by atoms with Gasteiger partial charge in [-0.1, -0.05) is 29.4 Å². The lowest BCUT2D eigenvalue weighted by atomic mass is 9.94. The average Bonchev–Trinajstić information content (AvgIpc) is 3.14. The fraction of sp³-hybridized carbons (Fsp3) is 0.158. The van der Waals surface area contributed by atoms with E-state index in [-0.39, 0.29) is 11.6 Å². The molecule has 0 radical (unpaired) electrons. The molecule has 1 aliphatic rings. The highest BCUT2D eigenvalue weighted by Gasteiger charge is 2.34. The van der Waals surface area contributed by atoms with Gasteiger partial charge < -0.3 is 10.6 Å². The van der Waals surface area contributed by atoms with Crippen LogP contribution < -0.4 is 10.6 Å². The summed E-state index contributed by atoms with van der Waals surface area (Å²) in [6.07, 6.45) is 0. The van der Waals surface area contributed by atoms with Crippen molar-refractivity contribution in [2.24, 2.45) is 0 Å². The number of benzene rings is 2. The van der Waals surface area contributed by atoms with E-state index in [1.165, 1.54) is 16.8 Å². The van der Waals surface area contributed by atoms with Crippen LogP contribution in [-0.4, -0.2) is 31.0 Å². The van der Waals surface area contributed by atoms with Gasteiger partial charge in [-0.3, -0.25) is 14.9 Å². The molecule has 146 valence electrons. The van der Waals surface area contributed by atoms with Crippen LogP contribution in [0, 0.1) is 17.0 Å². The maximum atomic E-state index is 13.2. The first kappa shape index (κ1) is 18.3. The number of hydrogen-bond donors (Lipinski definition) is 2. The van der Waals surface area contributed by atoms with Gasteiger partial charge in [-0.05, 0) is 47.5 Å². The van der Waals surface area contributed by atoms with E-state index >= 15 is 0 Å². The predicted octanol–water partition coefficient (Wildman–Crippen LogP) is 2.82. The second-order valence-corrected chi connectivity index (χ2v) is 6.69. The summed E-state index contributed by atoms with van der Waals surface area (Å²) in [7, 11) is 0. The molecule has 0 aliphatic carbocycles. The van der Waals surface area contributed by atoms with E-state index < -0.39 is 11.0 Å². The third-order valence-electron chi connectivity index (χ3n) is 4.63. The van der Waals surface area contributed by atoms with Gasteiger partial charge in [-0.15, -0.1) is 0 Å². The van der Waals surface area contributed by atoms with Crippen LogP contribution in [0.4, 0.5) is 17.3 Å². The molecule has 1 aromatic heterocycles. The molecule has 4 rings (SSSR count). The van der Waals surface area contributed by atoms with Crippen molar-refractivity contribution < 1.29 is 9.72 Å². The van der Waals surface area contributed by atoms with Crippen molar-refractivity contribution in [3.8, 4) is 0 Å². The van der Waals surface area contributed by atoms with Gasteiger partial charge in [0.15, 0.2) is 0 Å². The highest BCUT2D eigenvalue weighted by Crippen LogP contribution is 2.35. The average molecular weight is 391 g/mol. The Kier molecular flexibility index (Phi) is 4.51. The van der Waals surface area contributed by atoms with Gasteiger partial charge in [0, 0.05) is 23.5 Å². The molecule has 10 heteroatoms. The van der Waals surface area contributed by atoms with Crippen LogP contribution in [0.5, 0.6) is 0 Å². The fourth-order valence-electron chi connectivity index (χ4n) is 3.34. The zero-order chi connectivity index (χ0) is 20.5. The van der Waals surface area contributed by atoms with E-state index in [2.05, 4.69) is 26.2 Å². The van der Waals surface area contributed by atoms with Crippen molar-refractivity contribution in [2.75, 3.05) is 10.6 Å². The Hall–Kier alpha value is -4.08. The van der Waals surface area contributed by atoms with E-state index in [4.69, 9.17) is 0 Å². The van der Waals surface area contributed by atoms with Crippen LogP contribution in [0.15, 0.2) is 59.8 Å². The number of allylic oxidation sites excluding steroid dienone is 1. The minimum Gasteiger partial charge on any atom is -0.326 e. The smallest absolute Gasteiger partial charge is 0.269 e. The maximum absolute atomic E-state index is 13.2. The third kappa shape index (κ3) is 3.43. The molecule has 0 bridgehead atoms. The molecular formula is C19H17N7O3. The molecular weight excluding hydrogens is 374 g/mol.